The van der Waals surface area contributed by atoms with Crippen molar-refractivity contribution in [2.24, 2.45) is 41.4 Å². The molecular weight excluding hydrogens is 612 g/mol. The summed E-state index contributed by atoms with van der Waals surface area (Å²) in [6.45, 7) is 7.04. The van der Waals surface area contributed by atoms with Crippen molar-refractivity contribution >= 4 is 17.5 Å². The van der Waals surface area contributed by atoms with Gasteiger partial charge in [0.15, 0.2) is 0 Å². The van der Waals surface area contributed by atoms with Gasteiger partial charge in [-0.05, 0) is 105 Å². The molecule has 6 nitrogen and oxygen atoms in total. The number of ether oxygens (including phenoxy) is 2. The number of hydrogen-bond acceptors (Lipinski definition) is 6. The second-order valence-electron chi connectivity index (χ2n) is 15.8. The topological polar surface area (TPSA) is 93.1 Å². The van der Waals surface area contributed by atoms with Gasteiger partial charge >= 0.3 is 11.9 Å². The van der Waals surface area contributed by atoms with E-state index in [4.69, 9.17) is 9.47 Å². The van der Waals surface area contributed by atoms with E-state index in [9.17, 15) is 19.8 Å². The maximum Gasteiger partial charge on any atom is 0.335 e. The summed E-state index contributed by atoms with van der Waals surface area (Å²) in [4.78, 5) is 24.2. The van der Waals surface area contributed by atoms with Crippen LogP contribution in [0.15, 0.2) is 42.5 Å². The molecular formula is C43H66O6. The maximum atomic E-state index is 12.2. The van der Waals surface area contributed by atoms with Crippen LogP contribution in [0.2, 0.25) is 0 Å². The summed E-state index contributed by atoms with van der Waals surface area (Å²) in [5.41, 5.74) is 4.51. The molecule has 0 aromatic heterocycles. The van der Waals surface area contributed by atoms with Crippen LogP contribution in [-0.4, -0.2) is 48.6 Å². The standard InChI is InChI=1S/C43H66O6/c1-4-5-6-7-33-14-18-38(19-15-33)40-22-24-41(25-23-40)39-20-16-35(17-21-39)9-8-34-10-12-36(13-11-34)26-37(29-48-42(46)31(2)27-44)30-49-43(47)32(3)28-45/h14-15,18-19,22,32,34-37,39,41,44-45H,2,4-13,16-17,20-21,23-30H2,1,3H3. The SMILES string of the molecule is C=C(CO)C(=O)OCC(COC(=O)C(C)CO)CC1CCC(CCC2CCC(C3CC=C(c4ccc(CCCCC)cc4)CC3)CC2)CC1. The number of rotatable bonds is 19. The molecule has 0 radical (unpaired) electrons. The number of aliphatic hydroxyl groups excluding tert-OH is 2. The van der Waals surface area contributed by atoms with Crippen LogP contribution in [0, 0.1) is 41.4 Å². The van der Waals surface area contributed by atoms with Gasteiger partial charge in [-0.2, -0.15) is 0 Å². The number of aryl methyl sites for hydroxylation is 1. The first-order valence-corrected chi connectivity index (χ1v) is 19.8. The van der Waals surface area contributed by atoms with Gasteiger partial charge in [0.25, 0.3) is 0 Å². The molecule has 1 aromatic rings. The molecule has 0 bridgehead atoms. The number of hydrogen-bond donors (Lipinski definition) is 2. The zero-order valence-electron chi connectivity index (χ0n) is 30.7. The molecule has 0 aliphatic heterocycles. The highest BCUT2D eigenvalue weighted by Gasteiger charge is 2.30. The van der Waals surface area contributed by atoms with E-state index in [0.717, 1.165) is 42.9 Å². The third kappa shape index (κ3) is 13.0. The summed E-state index contributed by atoms with van der Waals surface area (Å²) in [7, 11) is 0. The van der Waals surface area contributed by atoms with Gasteiger partial charge in [0, 0.05) is 5.92 Å². The molecule has 3 atom stereocenters. The van der Waals surface area contributed by atoms with Gasteiger partial charge in [0.2, 0.25) is 0 Å². The second-order valence-corrected chi connectivity index (χ2v) is 15.8. The minimum Gasteiger partial charge on any atom is -0.465 e. The highest BCUT2D eigenvalue weighted by Crippen LogP contribution is 2.43. The number of allylic oxidation sites excluding steroid dienone is 2. The van der Waals surface area contributed by atoms with Crippen molar-refractivity contribution in [1.29, 1.82) is 0 Å². The van der Waals surface area contributed by atoms with Crippen molar-refractivity contribution in [2.45, 2.75) is 129 Å². The highest BCUT2D eigenvalue weighted by atomic mass is 16.5. The molecule has 2 N–H and O–H groups in total. The second kappa shape index (κ2) is 21.0. The molecule has 2 saturated carbocycles. The molecule has 274 valence electrons. The lowest BCUT2D eigenvalue weighted by molar-refractivity contribution is -0.152. The number of benzene rings is 1. The first kappa shape index (κ1) is 39.3. The van der Waals surface area contributed by atoms with Gasteiger partial charge in [0.1, 0.15) is 0 Å². The molecule has 2 fully saturated rings. The number of carbonyl (C=O) groups excluding carboxylic acids is 2. The minimum absolute atomic E-state index is 0.0217. The predicted molar refractivity (Wildman–Crippen MR) is 198 cm³/mol. The predicted octanol–water partition coefficient (Wildman–Crippen LogP) is 9.27. The van der Waals surface area contributed by atoms with Crippen molar-refractivity contribution in [3.8, 4) is 0 Å². The van der Waals surface area contributed by atoms with Crippen molar-refractivity contribution in [3.63, 3.8) is 0 Å². The Balaban J connectivity index is 1.13. The molecule has 4 rings (SSSR count). The van der Waals surface area contributed by atoms with E-state index in [0.29, 0.717) is 5.92 Å². The monoisotopic (exact) mass is 678 g/mol. The molecule has 0 heterocycles. The summed E-state index contributed by atoms with van der Waals surface area (Å²) in [6, 6.07) is 9.43. The minimum atomic E-state index is -0.612. The Hall–Kier alpha value is -2.44. The fourth-order valence-corrected chi connectivity index (χ4v) is 8.62. The lowest BCUT2D eigenvalue weighted by atomic mass is 9.69. The third-order valence-electron chi connectivity index (χ3n) is 12.1. The van der Waals surface area contributed by atoms with Crippen molar-refractivity contribution < 1.29 is 29.3 Å². The van der Waals surface area contributed by atoms with Gasteiger partial charge in [-0.1, -0.05) is 108 Å². The van der Waals surface area contributed by atoms with Crippen LogP contribution in [0.25, 0.3) is 5.57 Å². The summed E-state index contributed by atoms with van der Waals surface area (Å²) < 4.78 is 10.9. The molecule has 0 spiro atoms. The van der Waals surface area contributed by atoms with Crippen LogP contribution in [0.3, 0.4) is 0 Å². The first-order valence-electron chi connectivity index (χ1n) is 19.8. The highest BCUT2D eigenvalue weighted by molar-refractivity contribution is 5.87. The Kier molecular flexibility index (Phi) is 16.9. The lowest BCUT2D eigenvalue weighted by Gasteiger charge is -2.36. The van der Waals surface area contributed by atoms with Crippen LogP contribution in [0.1, 0.15) is 134 Å². The number of unbranched alkanes of at least 4 members (excludes halogenated alkanes) is 2. The zero-order valence-corrected chi connectivity index (χ0v) is 30.7. The molecule has 0 amide bonds. The summed E-state index contributed by atoms with van der Waals surface area (Å²) in [5, 5.41) is 18.5. The average Bonchev–Trinajstić information content (AvgIpc) is 3.15. The summed E-state index contributed by atoms with van der Waals surface area (Å²) in [5.74, 6) is 2.26. The fraction of sp³-hybridized carbons (Fsp3) is 0.721. The van der Waals surface area contributed by atoms with Crippen LogP contribution >= 0.6 is 0 Å². The maximum absolute atomic E-state index is 12.2. The van der Waals surface area contributed by atoms with Gasteiger partial charge in [-0.3, -0.25) is 4.79 Å². The Morgan fingerprint density at radius 2 is 1.47 bits per heavy atom. The van der Waals surface area contributed by atoms with Crippen LogP contribution in [-0.2, 0) is 25.5 Å². The Morgan fingerprint density at radius 3 is 2.06 bits per heavy atom. The fourth-order valence-electron chi connectivity index (χ4n) is 8.62. The number of aliphatic hydroxyl groups is 2. The van der Waals surface area contributed by atoms with E-state index in [2.05, 4.69) is 43.8 Å². The molecule has 49 heavy (non-hydrogen) atoms. The Morgan fingerprint density at radius 1 is 0.837 bits per heavy atom. The van der Waals surface area contributed by atoms with Gasteiger partial charge in [0.05, 0.1) is 37.9 Å². The van der Waals surface area contributed by atoms with Crippen molar-refractivity contribution in [3.05, 3.63) is 53.6 Å². The van der Waals surface area contributed by atoms with E-state index in [1.54, 1.807) is 12.5 Å². The normalized spacial score (nSPS) is 25.6. The third-order valence-corrected chi connectivity index (χ3v) is 12.1. The van der Waals surface area contributed by atoms with Gasteiger partial charge in [-0.25, -0.2) is 4.79 Å². The van der Waals surface area contributed by atoms with Crippen LogP contribution < -0.4 is 0 Å². The number of esters is 2. The van der Waals surface area contributed by atoms with E-state index < -0.39 is 24.5 Å². The molecule has 1 aromatic carbocycles. The smallest absolute Gasteiger partial charge is 0.335 e. The van der Waals surface area contributed by atoms with E-state index >= 15 is 0 Å². The lowest BCUT2D eigenvalue weighted by Crippen LogP contribution is -2.28. The van der Waals surface area contributed by atoms with Gasteiger partial charge in [-0.15, -0.1) is 0 Å². The zero-order chi connectivity index (χ0) is 35.0. The average molecular weight is 679 g/mol. The summed E-state index contributed by atoms with van der Waals surface area (Å²) in [6.07, 6.45) is 25.5. The van der Waals surface area contributed by atoms with Crippen molar-refractivity contribution in [1.82, 2.24) is 0 Å². The van der Waals surface area contributed by atoms with Gasteiger partial charge < -0.3 is 19.7 Å². The summed E-state index contributed by atoms with van der Waals surface area (Å²) >= 11 is 0. The molecule has 3 aliphatic carbocycles. The molecule has 3 unspecified atom stereocenters. The first-order chi connectivity index (χ1) is 23.8. The van der Waals surface area contributed by atoms with E-state index in [1.807, 2.05) is 0 Å². The van der Waals surface area contributed by atoms with Crippen molar-refractivity contribution in [2.75, 3.05) is 26.4 Å². The molecule has 3 aliphatic rings. The number of carbonyl (C=O) groups is 2. The van der Waals surface area contributed by atoms with E-state index in [1.165, 1.54) is 107 Å². The quantitative estimate of drug-likeness (QED) is 0.0861. The molecule has 6 heteroatoms. The van der Waals surface area contributed by atoms with Crippen LogP contribution in [0.4, 0.5) is 0 Å². The van der Waals surface area contributed by atoms with E-state index in [-0.39, 0.29) is 31.3 Å². The van der Waals surface area contributed by atoms with Crippen LogP contribution in [0.5, 0.6) is 0 Å². The molecule has 0 saturated heterocycles. The Labute approximate surface area is 297 Å². The largest absolute Gasteiger partial charge is 0.465 e. The Bertz CT molecular complexity index is 1170.